The van der Waals surface area contributed by atoms with E-state index in [1.165, 1.54) is 6.26 Å². The van der Waals surface area contributed by atoms with Crippen molar-refractivity contribution in [3.63, 3.8) is 0 Å². The molecule has 2 aromatic rings. The lowest BCUT2D eigenvalue weighted by Crippen LogP contribution is -2.48. The van der Waals surface area contributed by atoms with Gasteiger partial charge in [0.05, 0.1) is 11.1 Å². The second-order valence-corrected chi connectivity index (χ2v) is 8.27. The van der Waals surface area contributed by atoms with Crippen molar-refractivity contribution in [2.24, 2.45) is 0 Å². The Balaban J connectivity index is 1.39. The average Bonchev–Trinajstić information content (AvgIpc) is 3.35. The Morgan fingerprint density at radius 2 is 1.89 bits per heavy atom. The minimum Gasteiger partial charge on any atom is -0.459 e. The van der Waals surface area contributed by atoms with Gasteiger partial charge in [0.2, 0.25) is 11.8 Å². The Hall–Kier alpha value is -2.74. The van der Waals surface area contributed by atoms with Gasteiger partial charge in [-0.1, -0.05) is 0 Å². The normalized spacial score (nSPS) is 24.0. The zero-order valence-electron chi connectivity index (χ0n) is 14.7. The summed E-state index contributed by atoms with van der Waals surface area (Å²) in [6, 6.07) is 9.59. The predicted octanol–water partition coefficient (Wildman–Crippen LogP) is 2.92. The smallest absolute Gasteiger partial charge is 0.291 e. The molecule has 140 valence electrons. The van der Waals surface area contributed by atoms with Crippen molar-refractivity contribution in [3.05, 3.63) is 48.4 Å². The van der Waals surface area contributed by atoms with Crippen LogP contribution in [0, 0.1) is 0 Å². The summed E-state index contributed by atoms with van der Waals surface area (Å²) >= 11 is 1.66. The van der Waals surface area contributed by atoms with E-state index < -0.39 is 6.04 Å². The lowest BCUT2D eigenvalue weighted by molar-refractivity contribution is -0.135. The Kier molecular flexibility index (Phi) is 4.43. The first kappa shape index (κ1) is 17.7. The molecule has 3 amide bonds. The highest BCUT2D eigenvalue weighted by Gasteiger charge is 2.52. The predicted molar refractivity (Wildman–Crippen MR) is 102 cm³/mol. The van der Waals surface area contributed by atoms with E-state index in [9.17, 15) is 14.4 Å². The Morgan fingerprint density at radius 1 is 1.19 bits per heavy atom. The first-order valence-electron chi connectivity index (χ1n) is 8.68. The SMILES string of the molecule is C[C@]12CCC(=O)N1[C@@H](C(=O)Nc1ccc(NC(=O)c3ccco3)cc1)CS2. The summed E-state index contributed by atoms with van der Waals surface area (Å²) in [5, 5.41) is 5.58. The van der Waals surface area contributed by atoms with Crippen LogP contribution in [0.3, 0.4) is 0 Å². The molecular weight excluding hydrogens is 366 g/mol. The number of nitrogens with zero attached hydrogens (tertiary/aromatic N) is 1. The summed E-state index contributed by atoms with van der Waals surface area (Å²) in [7, 11) is 0. The molecule has 2 atom stereocenters. The van der Waals surface area contributed by atoms with E-state index >= 15 is 0 Å². The number of amides is 3. The van der Waals surface area contributed by atoms with Crippen molar-refractivity contribution in [2.45, 2.75) is 30.7 Å². The highest BCUT2D eigenvalue weighted by molar-refractivity contribution is 8.01. The van der Waals surface area contributed by atoms with Crippen LogP contribution in [0.25, 0.3) is 0 Å². The molecule has 1 aromatic heterocycles. The molecule has 4 rings (SSSR count). The fraction of sp³-hybridized carbons (Fsp3) is 0.316. The minimum atomic E-state index is -0.451. The van der Waals surface area contributed by atoms with Gasteiger partial charge in [0.15, 0.2) is 5.76 Å². The van der Waals surface area contributed by atoms with Crippen molar-refractivity contribution in [1.29, 1.82) is 0 Å². The molecule has 1 aromatic carbocycles. The Morgan fingerprint density at radius 3 is 2.56 bits per heavy atom. The van der Waals surface area contributed by atoms with Crippen molar-refractivity contribution in [2.75, 3.05) is 16.4 Å². The van der Waals surface area contributed by atoms with Gasteiger partial charge in [-0.05, 0) is 49.7 Å². The first-order chi connectivity index (χ1) is 13.0. The molecule has 2 saturated heterocycles. The maximum atomic E-state index is 12.7. The third kappa shape index (κ3) is 3.32. The summed E-state index contributed by atoms with van der Waals surface area (Å²) in [6.45, 7) is 2.02. The summed E-state index contributed by atoms with van der Waals surface area (Å²) < 4.78 is 5.05. The second-order valence-electron chi connectivity index (χ2n) is 6.76. The van der Waals surface area contributed by atoms with Gasteiger partial charge in [-0.25, -0.2) is 0 Å². The van der Waals surface area contributed by atoms with Crippen molar-refractivity contribution < 1.29 is 18.8 Å². The zero-order valence-corrected chi connectivity index (χ0v) is 15.5. The van der Waals surface area contributed by atoms with Gasteiger partial charge in [-0.2, -0.15) is 0 Å². The van der Waals surface area contributed by atoms with Crippen molar-refractivity contribution in [3.8, 4) is 0 Å². The van der Waals surface area contributed by atoms with Crippen LogP contribution in [-0.4, -0.2) is 39.3 Å². The molecule has 0 bridgehead atoms. The maximum absolute atomic E-state index is 12.7. The lowest BCUT2D eigenvalue weighted by atomic mass is 10.2. The topological polar surface area (TPSA) is 91.7 Å². The van der Waals surface area contributed by atoms with Crippen LogP contribution >= 0.6 is 11.8 Å². The first-order valence-corrected chi connectivity index (χ1v) is 9.67. The van der Waals surface area contributed by atoms with Crippen molar-refractivity contribution in [1.82, 2.24) is 4.90 Å². The largest absolute Gasteiger partial charge is 0.459 e. The minimum absolute atomic E-state index is 0.0404. The fourth-order valence-electron chi connectivity index (χ4n) is 3.48. The number of carbonyl (C=O) groups is 3. The van der Waals surface area contributed by atoms with E-state index in [4.69, 9.17) is 4.42 Å². The highest BCUT2D eigenvalue weighted by Crippen LogP contribution is 2.47. The molecule has 0 radical (unpaired) electrons. The molecule has 0 saturated carbocycles. The average molecular weight is 385 g/mol. The molecule has 7 nitrogen and oxygen atoms in total. The van der Waals surface area contributed by atoms with Crippen molar-refractivity contribution >= 4 is 40.9 Å². The van der Waals surface area contributed by atoms with Crippen LogP contribution in [0.15, 0.2) is 47.1 Å². The molecular formula is C19H19N3O4S. The summed E-state index contributed by atoms with van der Waals surface area (Å²) in [5.74, 6) is 0.342. The number of furan rings is 1. The van der Waals surface area contributed by atoms with Crippen LogP contribution in [0.5, 0.6) is 0 Å². The molecule has 2 fully saturated rings. The quantitative estimate of drug-likeness (QED) is 0.844. The van der Waals surface area contributed by atoms with Gasteiger partial charge in [0, 0.05) is 23.5 Å². The molecule has 2 aliphatic rings. The summed E-state index contributed by atoms with van der Waals surface area (Å²) in [4.78, 5) is 38.2. The second kappa shape index (κ2) is 6.77. The highest BCUT2D eigenvalue weighted by atomic mass is 32.2. The molecule has 2 N–H and O–H groups in total. The molecule has 2 aliphatic heterocycles. The number of hydrogen-bond acceptors (Lipinski definition) is 5. The Labute approximate surface area is 160 Å². The monoisotopic (exact) mass is 385 g/mol. The van der Waals surface area contributed by atoms with E-state index in [1.54, 1.807) is 53.1 Å². The third-order valence-electron chi connectivity index (χ3n) is 4.90. The van der Waals surface area contributed by atoms with Gasteiger partial charge < -0.3 is 20.0 Å². The van der Waals surface area contributed by atoms with Crippen LogP contribution < -0.4 is 10.6 Å². The van der Waals surface area contributed by atoms with E-state index in [0.29, 0.717) is 23.5 Å². The third-order valence-corrected chi connectivity index (χ3v) is 6.41. The van der Waals surface area contributed by atoms with Gasteiger partial charge >= 0.3 is 0 Å². The van der Waals surface area contributed by atoms with Crippen LogP contribution in [0.4, 0.5) is 11.4 Å². The number of fused-ring (bicyclic) bond motifs is 1. The lowest BCUT2D eigenvalue weighted by Gasteiger charge is -2.29. The van der Waals surface area contributed by atoms with Crippen LogP contribution in [-0.2, 0) is 9.59 Å². The van der Waals surface area contributed by atoms with Gasteiger partial charge in [0.1, 0.15) is 6.04 Å². The van der Waals surface area contributed by atoms with E-state index in [1.807, 2.05) is 6.92 Å². The van der Waals surface area contributed by atoms with Gasteiger partial charge in [-0.3, -0.25) is 14.4 Å². The summed E-state index contributed by atoms with van der Waals surface area (Å²) in [5.41, 5.74) is 1.20. The van der Waals surface area contributed by atoms with Crippen LogP contribution in [0.1, 0.15) is 30.3 Å². The number of rotatable bonds is 4. The van der Waals surface area contributed by atoms with Gasteiger partial charge in [-0.15, -0.1) is 11.8 Å². The number of anilines is 2. The Bertz CT molecular complexity index is 881. The maximum Gasteiger partial charge on any atom is 0.291 e. The van der Waals surface area contributed by atoms with E-state index in [0.717, 1.165) is 6.42 Å². The van der Waals surface area contributed by atoms with Gasteiger partial charge in [0.25, 0.3) is 5.91 Å². The zero-order chi connectivity index (χ0) is 19.0. The standard InChI is InChI=1S/C19H19N3O4S/c1-19-9-8-16(23)22(19)14(11-27-19)17(24)20-12-4-6-13(7-5-12)21-18(25)15-3-2-10-26-15/h2-7,10,14H,8-9,11H2,1H3,(H,20,24)(H,21,25)/t14-,19+/m1/s1. The molecule has 0 unspecified atom stereocenters. The molecule has 27 heavy (non-hydrogen) atoms. The molecule has 0 aliphatic carbocycles. The van der Waals surface area contributed by atoms with E-state index in [-0.39, 0.29) is 28.4 Å². The van der Waals surface area contributed by atoms with Crippen LogP contribution in [0.2, 0.25) is 0 Å². The molecule has 0 spiro atoms. The fourth-order valence-corrected chi connectivity index (χ4v) is 4.91. The number of carbonyl (C=O) groups excluding carboxylic acids is 3. The van der Waals surface area contributed by atoms with E-state index in [2.05, 4.69) is 10.6 Å². The number of nitrogens with one attached hydrogen (secondary N) is 2. The number of benzene rings is 1. The number of thioether (sulfide) groups is 1. The number of hydrogen-bond donors (Lipinski definition) is 2. The molecule has 3 heterocycles. The molecule has 8 heteroatoms. The summed E-state index contributed by atoms with van der Waals surface area (Å²) in [6.07, 6.45) is 2.71.